The Balaban J connectivity index is 1.96. The molecule has 1 aliphatic heterocycles. The quantitative estimate of drug-likeness (QED) is 0.754. The highest BCUT2D eigenvalue weighted by atomic mass is 16.5. The van der Waals surface area contributed by atoms with Crippen molar-refractivity contribution in [3.8, 4) is 11.5 Å². The van der Waals surface area contributed by atoms with Gasteiger partial charge in [0.2, 0.25) is 0 Å². The fraction of sp³-hybridized carbons (Fsp3) is 0.471. The molecule has 0 saturated carbocycles. The molecule has 1 atom stereocenters. The molecule has 0 amide bonds. The molecule has 0 N–H and O–H groups in total. The predicted octanol–water partition coefficient (Wildman–Crippen LogP) is 3.89. The van der Waals surface area contributed by atoms with Crippen LogP contribution in [0.15, 0.2) is 41.4 Å². The molecule has 3 heteroatoms. The van der Waals surface area contributed by atoms with Gasteiger partial charge in [0.15, 0.2) is 11.5 Å². The number of nitrogens with zero attached hydrogens (tertiary/aromatic N) is 1. The van der Waals surface area contributed by atoms with Gasteiger partial charge in [0.1, 0.15) is 0 Å². The third-order valence-electron chi connectivity index (χ3n) is 3.69. The number of allylic oxidation sites excluding steroid dienone is 1. The van der Waals surface area contributed by atoms with E-state index in [9.17, 15) is 0 Å². The summed E-state index contributed by atoms with van der Waals surface area (Å²) in [6, 6.07) is 7.80. The Morgan fingerprint density at radius 3 is 2.40 bits per heavy atom. The SMILES string of the molecule is CCOc1ccccc1OCCC1(C(C)C)C=CC=N1. The molecule has 0 aromatic heterocycles. The highest BCUT2D eigenvalue weighted by Crippen LogP contribution is 2.32. The molecule has 1 aliphatic rings. The van der Waals surface area contributed by atoms with Crippen molar-refractivity contribution in [1.82, 2.24) is 0 Å². The maximum absolute atomic E-state index is 5.89. The molecule has 1 unspecified atom stereocenters. The lowest BCUT2D eigenvalue weighted by Gasteiger charge is -2.28. The van der Waals surface area contributed by atoms with Crippen molar-refractivity contribution in [3.63, 3.8) is 0 Å². The second kappa shape index (κ2) is 6.60. The Labute approximate surface area is 121 Å². The molecule has 0 radical (unpaired) electrons. The van der Waals surface area contributed by atoms with E-state index in [0.717, 1.165) is 17.9 Å². The molecule has 108 valence electrons. The number of hydrogen-bond acceptors (Lipinski definition) is 3. The summed E-state index contributed by atoms with van der Waals surface area (Å²) in [7, 11) is 0. The van der Waals surface area contributed by atoms with E-state index in [4.69, 9.17) is 9.47 Å². The summed E-state index contributed by atoms with van der Waals surface area (Å²) in [5.74, 6) is 2.07. The standard InChI is InChI=1S/C17H23NO2/c1-4-19-15-8-5-6-9-16(15)20-13-11-17(14(2)3)10-7-12-18-17/h5-10,12,14H,4,11,13H2,1-3H3. The van der Waals surface area contributed by atoms with Gasteiger partial charge in [0, 0.05) is 12.6 Å². The molecule has 1 aromatic carbocycles. The maximum Gasteiger partial charge on any atom is 0.161 e. The van der Waals surface area contributed by atoms with Crippen molar-refractivity contribution in [1.29, 1.82) is 0 Å². The van der Waals surface area contributed by atoms with E-state index in [0.29, 0.717) is 19.1 Å². The van der Waals surface area contributed by atoms with Crippen molar-refractivity contribution in [2.24, 2.45) is 10.9 Å². The van der Waals surface area contributed by atoms with Gasteiger partial charge < -0.3 is 9.47 Å². The van der Waals surface area contributed by atoms with Gasteiger partial charge in [0.05, 0.1) is 18.8 Å². The molecule has 0 saturated heterocycles. The van der Waals surface area contributed by atoms with Gasteiger partial charge in [-0.1, -0.05) is 32.1 Å². The van der Waals surface area contributed by atoms with Crippen LogP contribution < -0.4 is 9.47 Å². The van der Waals surface area contributed by atoms with Crippen LogP contribution in [-0.4, -0.2) is 25.0 Å². The van der Waals surface area contributed by atoms with Crippen molar-refractivity contribution in [3.05, 3.63) is 36.4 Å². The van der Waals surface area contributed by atoms with E-state index in [1.165, 1.54) is 0 Å². The highest BCUT2D eigenvalue weighted by Gasteiger charge is 2.31. The van der Waals surface area contributed by atoms with E-state index in [1.54, 1.807) is 0 Å². The van der Waals surface area contributed by atoms with Crippen molar-refractivity contribution in [2.75, 3.05) is 13.2 Å². The van der Waals surface area contributed by atoms with Crippen LogP contribution in [0.3, 0.4) is 0 Å². The Morgan fingerprint density at radius 2 is 1.85 bits per heavy atom. The monoisotopic (exact) mass is 273 g/mol. The molecule has 0 aliphatic carbocycles. The lowest BCUT2D eigenvalue weighted by atomic mass is 9.85. The van der Waals surface area contributed by atoms with Crippen molar-refractivity contribution in [2.45, 2.75) is 32.7 Å². The largest absolute Gasteiger partial charge is 0.490 e. The summed E-state index contributed by atoms with van der Waals surface area (Å²) in [4.78, 5) is 4.61. The van der Waals surface area contributed by atoms with Crippen LogP contribution in [0.1, 0.15) is 27.2 Å². The molecule has 0 fully saturated rings. The van der Waals surface area contributed by atoms with E-state index < -0.39 is 0 Å². The molecular formula is C17H23NO2. The Kier molecular flexibility index (Phi) is 4.83. The van der Waals surface area contributed by atoms with Gasteiger partial charge in [-0.25, -0.2) is 0 Å². The average Bonchev–Trinajstić information content (AvgIpc) is 2.91. The molecule has 0 spiro atoms. The first-order valence-corrected chi connectivity index (χ1v) is 7.25. The van der Waals surface area contributed by atoms with Crippen LogP contribution in [0.4, 0.5) is 0 Å². The summed E-state index contributed by atoms with van der Waals surface area (Å²) >= 11 is 0. The molecule has 1 aromatic rings. The summed E-state index contributed by atoms with van der Waals surface area (Å²) < 4.78 is 11.5. The van der Waals surface area contributed by atoms with Gasteiger partial charge in [0.25, 0.3) is 0 Å². The Bertz CT molecular complexity index is 480. The minimum absolute atomic E-state index is 0.111. The predicted molar refractivity (Wildman–Crippen MR) is 82.9 cm³/mol. The Morgan fingerprint density at radius 1 is 1.15 bits per heavy atom. The smallest absolute Gasteiger partial charge is 0.161 e. The fourth-order valence-corrected chi connectivity index (χ4v) is 2.38. The van der Waals surface area contributed by atoms with E-state index in [-0.39, 0.29) is 5.54 Å². The summed E-state index contributed by atoms with van der Waals surface area (Å²) in [5.41, 5.74) is -0.111. The third kappa shape index (κ3) is 3.21. The zero-order chi connectivity index (χ0) is 14.4. The van der Waals surface area contributed by atoms with E-state index >= 15 is 0 Å². The first-order valence-electron chi connectivity index (χ1n) is 7.25. The number of para-hydroxylation sites is 2. The van der Waals surface area contributed by atoms with E-state index in [2.05, 4.69) is 24.9 Å². The molecule has 0 bridgehead atoms. The second-order valence-corrected chi connectivity index (χ2v) is 5.26. The number of aliphatic imine (C=N–C) groups is 1. The number of benzene rings is 1. The van der Waals surface area contributed by atoms with Crippen LogP contribution in [0.2, 0.25) is 0 Å². The first kappa shape index (κ1) is 14.6. The minimum Gasteiger partial charge on any atom is -0.490 e. The first-order chi connectivity index (χ1) is 9.68. The van der Waals surface area contributed by atoms with Gasteiger partial charge in [-0.3, -0.25) is 4.99 Å². The number of hydrogen-bond donors (Lipinski definition) is 0. The van der Waals surface area contributed by atoms with Gasteiger partial charge in [-0.2, -0.15) is 0 Å². The highest BCUT2D eigenvalue weighted by molar-refractivity contribution is 5.75. The van der Waals surface area contributed by atoms with Crippen LogP contribution in [0.25, 0.3) is 0 Å². The van der Waals surface area contributed by atoms with Crippen LogP contribution in [-0.2, 0) is 0 Å². The summed E-state index contributed by atoms with van der Waals surface area (Å²) in [5, 5.41) is 0. The normalized spacial score (nSPS) is 20.6. The lowest BCUT2D eigenvalue weighted by molar-refractivity contribution is 0.237. The summed E-state index contributed by atoms with van der Waals surface area (Å²) in [6.45, 7) is 7.64. The van der Waals surface area contributed by atoms with Crippen molar-refractivity contribution >= 4 is 6.21 Å². The number of ether oxygens (including phenoxy) is 2. The molecule has 20 heavy (non-hydrogen) atoms. The van der Waals surface area contributed by atoms with Crippen LogP contribution >= 0.6 is 0 Å². The van der Waals surface area contributed by atoms with Gasteiger partial charge in [-0.15, -0.1) is 0 Å². The van der Waals surface area contributed by atoms with Crippen LogP contribution in [0.5, 0.6) is 11.5 Å². The lowest BCUT2D eigenvalue weighted by Crippen LogP contribution is -2.31. The fourth-order valence-electron chi connectivity index (χ4n) is 2.38. The Hall–Kier alpha value is -1.77. The van der Waals surface area contributed by atoms with Crippen LogP contribution in [0, 0.1) is 5.92 Å². The zero-order valence-corrected chi connectivity index (χ0v) is 12.5. The maximum atomic E-state index is 5.89. The number of rotatable bonds is 7. The van der Waals surface area contributed by atoms with E-state index in [1.807, 2.05) is 43.5 Å². The minimum atomic E-state index is -0.111. The van der Waals surface area contributed by atoms with Gasteiger partial charge >= 0.3 is 0 Å². The summed E-state index contributed by atoms with van der Waals surface area (Å²) in [6.07, 6.45) is 6.95. The molecule has 3 nitrogen and oxygen atoms in total. The molecule has 2 rings (SSSR count). The average molecular weight is 273 g/mol. The van der Waals surface area contributed by atoms with Gasteiger partial charge in [-0.05, 0) is 31.1 Å². The third-order valence-corrected chi connectivity index (χ3v) is 3.69. The zero-order valence-electron chi connectivity index (χ0n) is 12.5. The molecule has 1 heterocycles. The van der Waals surface area contributed by atoms with Crippen molar-refractivity contribution < 1.29 is 9.47 Å². The topological polar surface area (TPSA) is 30.8 Å². The molecular weight excluding hydrogens is 250 g/mol. The second-order valence-electron chi connectivity index (χ2n) is 5.26.